The number of ketones is 1. The number of amides is 1. The van der Waals surface area contributed by atoms with E-state index in [1.807, 2.05) is 30.0 Å². The molecule has 2 aromatic carbocycles. The van der Waals surface area contributed by atoms with Gasteiger partial charge in [-0.05, 0) is 55.9 Å². The number of carbonyl (C=O) groups is 2. The molecule has 3 aromatic rings. The fourth-order valence-electron chi connectivity index (χ4n) is 5.48. The summed E-state index contributed by atoms with van der Waals surface area (Å²) in [6.45, 7) is 7.71. The highest BCUT2D eigenvalue weighted by atomic mass is 32.1. The van der Waals surface area contributed by atoms with E-state index >= 15 is 0 Å². The van der Waals surface area contributed by atoms with Crippen LogP contribution in [0.2, 0.25) is 0 Å². The minimum absolute atomic E-state index is 0.00569. The second kappa shape index (κ2) is 15.2. The standard InChI is InChI=1S/C34H44N2O5S/c1-24-9-11-26(12-10-24)7-6-8-28-14-16-31(42-28)29(37)21-25(2)22-32(38)36-19-17-35(18-20-36)23-27-13-15-30(39-3)34(41-5)33(27)40-4/h9-16,25H,6-8,17-23H2,1-5H3. The zero-order valence-electron chi connectivity index (χ0n) is 25.6. The summed E-state index contributed by atoms with van der Waals surface area (Å²) in [5.74, 6) is 2.17. The van der Waals surface area contributed by atoms with Crippen molar-refractivity contribution in [2.24, 2.45) is 5.92 Å². The summed E-state index contributed by atoms with van der Waals surface area (Å²) in [5.41, 5.74) is 3.65. The number of nitrogens with zero attached hydrogens (tertiary/aromatic N) is 2. The van der Waals surface area contributed by atoms with Crippen LogP contribution in [0.4, 0.5) is 0 Å². The number of carbonyl (C=O) groups excluding carboxylic acids is 2. The molecule has 0 saturated carbocycles. The molecule has 4 rings (SSSR count). The predicted octanol–water partition coefficient (Wildman–Crippen LogP) is 6.20. The lowest BCUT2D eigenvalue weighted by Gasteiger charge is -2.35. The quantitative estimate of drug-likeness (QED) is 0.208. The van der Waals surface area contributed by atoms with Crippen molar-refractivity contribution in [2.45, 2.75) is 52.5 Å². The minimum atomic E-state index is 0.00569. The van der Waals surface area contributed by atoms with Crippen molar-refractivity contribution in [1.82, 2.24) is 9.80 Å². The fourth-order valence-corrected chi connectivity index (χ4v) is 6.48. The van der Waals surface area contributed by atoms with Gasteiger partial charge in [0.2, 0.25) is 11.7 Å². The Bertz CT molecular complexity index is 1330. The van der Waals surface area contributed by atoms with Gasteiger partial charge in [-0.25, -0.2) is 0 Å². The second-order valence-electron chi connectivity index (χ2n) is 11.2. The van der Waals surface area contributed by atoms with E-state index in [-0.39, 0.29) is 17.6 Å². The van der Waals surface area contributed by atoms with Crippen LogP contribution in [0, 0.1) is 12.8 Å². The van der Waals surface area contributed by atoms with E-state index in [9.17, 15) is 9.59 Å². The second-order valence-corrected chi connectivity index (χ2v) is 12.4. The van der Waals surface area contributed by atoms with Crippen molar-refractivity contribution < 1.29 is 23.8 Å². The molecule has 0 aliphatic carbocycles. The molecule has 0 radical (unpaired) electrons. The van der Waals surface area contributed by atoms with Crippen LogP contribution in [0.25, 0.3) is 0 Å². The normalized spacial score (nSPS) is 14.5. The molecule has 0 bridgehead atoms. The van der Waals surface area contributed by atoms with E-state index < -0.39 is 0 Å². The number of rotatable bonds is 14. The molecule has 1 aromatic heterocycles. The summed E-state index contributed by atoms with van der Waals surface area (Å²) in [5, 5.41) is 0. The highest BCUT2D eigenvalue weighted by Gasteiger charge is 2.25. The van der Waals surface area contributed by atoms with Crippen LogP contribution >= 0.6 is 11.3 Å². The van der Waals surface area contributed by atoms with Crippen molar-refractivity contribution in [3.8, 4) is 17.2 Å². The Morgan fingerprint density at radius 2 is 1.55 bits per heavy atom. The SMILES string of the molecule is COc1ccc(CN2CCN(C(=O)CC(C)CC(=O)c3ccc(CCCc4ccc(C)cc4)s3)CC2)c(OC)c1OC. The number of ether oxygens (including phenoxy) is 3. The third-order valence-electron chi connectivity index (χ3n) is 7.91. The Labute approximate surface area is 254 Å². The van der Waals surface area contributed by atoms with Crippen LogP contribution in [-0.4, -0.2) is 69.0 Å². The molecule has 0 spiro atoms. The molecule has 42 heavy (non-hydrogen) atoms. The highest BCUT2D eigenvalue weighted by molar-refractivity contribution is 7.14. The van der Waals surface area contributed by atoms with Crippen molar-refractivity contribution >= 4 is 23.0 Å². The van der Waals surface area contributed by atoms with Crippen molar-refractivity contribution in [3.05, 3.63) is 75.0 Å². The first-order chi connectivity index (χ1) is 20.3. The maximum absolute atomic E-state index is 13.1. The zero-order valence-corrected chi connectivity index (χ0v) is 26.4. The van der Waals surface area contributed by atoms with Gasteiger partial charge >= 0.3 is 0 Å². The molecule has 2 heterocycles. The molecule has 8 heteroatoms. The van der Waals surface area contributed by atoms with E-state index in [0.29, 0.717) is 49.7 Å². The lowest BCUT2D eigenvalue weighted by atomic mass is 9.99. The Hall–Kier alpha value is -3.36. The number of methoxy groups -OCH3 is 3. The number of thiophene rings is 1. The number of benzene rings is 2. The summed E-state index contributed by atoms with van der Waals surface area (Å²) >= 11 is 1.60. The fraction of sp³-hybridized carbons (Fsp3) is 0.471. The largest absolute Gasteiger partial charge is 0.493 e. The van der Waals surface area contributed by atoms with Crippen molar-refractivity contribution in [3.63, 3.8) is 0 Å². The third-order valence-corrected chi connectivity index (χ3v) is 9.09. The number of hydrogen-bond acceptors (Lipinski definition) is 7. The number of Topliss-reactive ketones (excluding diaryl/α,β-unsaturated/α-hetero) is 1. The average molecular weight is 593 g/mol. The molecule has 1 aliphatic rings. The average Bonchev–Trinajstić information content (AvgIpc) is 3.47. The van der Waals surface area contributed by atoms with Gasteiger partial charge in [0.05, 0.1) is 26.2 Å². The Kier molecular flexibility index (Phi) is 11.4. The Balaban J connectivity index is 1.20. The number of aryl methyl sites for hydroxylation is 3. The van der Waals surface area contributed by atoms with Gasteiger partial charge in [0.1, 0.15) is 0 Å². The lowest BCUT2D eigenvalue weighted by Crippen LogP contribution is -2.48. The first-order valence-corrected chi connectivity index (χ1v) is 15.6. The van der Waals surface area contributed by atoms with Crippen LogP contribution < -0.4 is 14.2 Å². The molecule has 1 atom stereocenters. The van der Waals surface area contributed by atoms with Gasteiger partial charge < -0.3 is 19.1 Å². The molecule has 1 unspecified atom stereocenters. The Morgan fingerprint density at radius 3 is 2.21 bits per heavy atom. The van der Waals surface area contributed by atoms with Crippen LogP contribution in [0.3, 0.4) is 0 Å². The van der Waals surface area contributed by atoms with E-state index in [1.165, 1.54) is 16.0 Å². The summed E-state index contributed by atoms with van der Waals surface area (Å²) in [7, 11) is 4.85. The minimum Gasteiger partial charge on any atom is -0.493 e. The third kappa shape index (κ3) is 8.35. The van der Waals surface area contributed by atoms with Crippen LogP contribution in [-0.2, 0) is 24.2 Å². The molecular weight excluding hydrogens is 548 g/mol. The first-order valence-electron chi connectivity index (χ1n) is 14.8. The van der Waals surface area contributed by atoms with Gasteiger partial charge in [0, 0.05) is 56.0 Å². The van der Waals surface area contributed by atoms with Crippen LogP contribution in [0.5, 0.6) is 17.2 Å². The molecule has 1 saturated heterocycles. The van der Waals surface area contributed by atoms with Crippen molar-refractivity contribution in [1.29, 1.82) is 0 Å². The predicted molar refractivity (Wildman–Crippen MR) is 168 cm³/mol. The molecule has 226 valence electrons. The van der Waals surface area contributed by atoms with Crippen molar-refractivity contribution in [2.75, 3.05) is 47.5 Å². The summed E-state index contributed by atoms with van der Waals surface area (Å²) in [4.78, 5) is 32.3. The first kappa shape index (κ1) is 31.6. The van der Waals surface area contributed by atoms with E-state index in [2.05, 4.69) is 42.2 Å². The lowest BCUT2D eigenvalue weighted by molar-refractivity contribution is -0.133. The highest BCUT2D eigenvalue weighted by Crippen LogP contribution is 2.40. The molecule has 7 nitrogen and oxygen atoms in total. The molecule has 0 N–H and O–H groups in total. The maximum Gasteiger partial charge on any atom is 0.222 e. The zero-order chi connectivity index (χ0) is 30.1. The smallest absolute Gasteiger partial charge is 0.222 e. The number of piperazine rings is 1. The molecule has 1 amide bonds. The van der Waals surface area contributed by atoms with Gasteiger partial charge in [-0.3, -0.25) is 14.5 Å². The van der Waals surface area contributed by atoms with E-state index in [0.717, 1.165) is 42.8 Å². The topological polar surface area (TPSA) is 68.3 Å². The monoisotopic (exact) mass is 592 g/mol. The summed E-state index contributed by atoms with van der Waals surface area (Å²) in [6, 6.07) is 16.6. The van der Waals surface area contributed by atoms with Gasteiger partial charge in [0.15, 0.2) is 17.3 Å². The molecular formula is C34H44N2O5S. The van der Waals surface area contributed by atoms with Gasteiger partial charge in [0.25, 0.3) is 0 Å². The van der Waals surface area contributed by atoms with Crippen LogP contribution in [0.1, 0.15) is 57.4 Å². The molecule has 1 aliphatic heterocycles. The summed E-state index contributed by atoms with van der Waals surface area (Å²) in [6.07, 6.45) is 3.87. The van der Waals surface area contributed by atoms with Crippen LogP contribution in [0.15, 0.2) is 48.5 Å². The van der Waals surface area contributed by atoms with E-state index in [1.54, 1.807) is 32.7 Å². The van der Waals surface area contributed by atoms with Gasteiger partial charge in [-0.15, -0.1) is 11.3 Å². The Morgan fingerprint density at radius 1 is 0.833 bits per heavy atom. The number of hydrogen-bond donors (Lipinski definition) is 0. The van der Waals surface area contributed by atoms with Gasteiger partial charge in [-0.1, -0.05) is 42.8 Å². The maximum atomic E-state index is 13.1. The summed E-state index contributed by atoms with van der Waals surface area (Å²) < 4.78 is 16.5. The van der Waals surface area contributed by atoms with E-state index in [4.69, 9.17) is 14.2 Å². The molecule has 1 fully saturated rings. The van der Waals surface area contributed by atoms with Gasteiger partial charge in [-0.2, -0.15) is 0 Å².